The number of likely N-dealkylation sites (tertiary alicyclic amines) is 1. The van der Waals surface area contributed by atoms with Gasteiger partial charge in [-0.3, -0.25) is 9.69 Å². The average Bonchev–Trinajstić information content (AvgIpc) is 3.30. The first-order chi connectivity index (χ1) is 15.6. The molecule has 2 unspecified atom stereocenters. The number of carbonyl (C=O) groups excluding carboxylic acids is 1. The van der Waals surface area contributed by atoms with Gasteiger partial charge < -0.3 is 4.90 Å². The summed E-state index contributed by atoms with van der Waals surface area (Å²) in [6.07, 6.45) is 4.28. The second kappa shape index (κ2) is 7.28. The van der Waals surface area contributed by atoms with Gasteiger partial charge in [0.2, 0.25) is 5.67 Å². The van der Waals surface area contributed by atoms with Crippen molar-refractivity contribution in [2.24, 2.45) is 0 Å². The summed E-state index contributed by atoms with van der Waals surface area (Å²) in [4.78, 5) is 17.6. The molecule has 0 radical (unpaired) electrons. The first-order valence-corrected chi connectivity index (χ1v) is 11.6. The number of carbonyl (C=O) groups is 1. The van der Waals surface area contributed by atoms with Gasteiger partial charge in [-0.05, 0) is 47.2 Å². The number of fused-ring (bicyclic) bond motifs is 1. The van der Waals surface area contributed by atoms with Crippen LogP contribution in [0.5, 0.6) is 0 Å². The zero-order chi connectivity index (χ0) is 21.9. The molecule has 1 fully saturated rings. The zero-order valence-corrected chi connectivity index (χ0v) is 18.1. The molecule has 0 N–H and O–H groups in total. The number of hydrogen-bond donors (Lipinski definition) is 0. The monoisotopic (exact) mass is 426 g/mol. The van der Waals surface area contributed by atoms with Gasteiger partial charge in [-0.1, -0.05) is 60.7 Å². The smallest absolute Gasteiger partial charge is 0.270 e. The van der Waals surface area contributed by atoms with Crippen LogP contribution in [0.1, 0.15) is 42.0 Å². The van der Waals surface area contributed by atoms with Crippen molar-refractivity contribution in [1.29, 1.82) is 0 Å². The minimum Gasteiger partial charge on any atom is -0.306 e. The van der Waals surface area contributed by atoms with E-state index in [1.165, 1.54) is 28.0 Å². The summed E-state index contributed by atoms with van der Waals surface area (Å²) in [5, 5.41) is 2.73. The fraction of sp³-hybridized carbons (Fsp3) is 0.321. The molecule has 1 saturated heterocycles. The van der Waals surface area contributed by atoms with Gasteiger partial charge in [0, 0.05) is 37.2 Å². The van der Waals surface area contributed by atoms with E-state index in [4.69, 9.17) is 0 Å². The van der Waals surface area contributed by atoms with Gasteiger partial charge in [0.1, 0.15) is 0 Å². The molecule has 3 aromatic carbocycles. The summed E-state index contributed by atoms with van der Waals surface area (Å²) in [6, 6.07) is 21.0. The highest BCUT2D eigenvalue weighted by atomic mass is 19.1. The van der Waals surface area contributed by atoms with E-state index in [2.05, 4.69) is 47.9 Å². The number of nitrogens with zero attached hydrogens (tertiary/aromatic N) is 2. The van der Waals surface area contributed by atoms with E-state index in [0.717, 1.165) is 38.0 Å². The molecular formula is C28H27FN2O. The van der Waals surface area contributed by atoms with Crippen LogP contribution in [-0.2, 0) is 16.9 Å². The number of amides is 1. The molecule has 3 nitrogen and oxygen atoms in total. The highest BCUT2D eigenvalue weighted by Crippen LogP contribution is 2.48. The van der Waals surface area contributed by atoms with Crippen LogP contribution in [-0.4, -0.2) is 29.9 Å². The molecular weight excluding hydrogens is 399 g/mol. The number of rotatable bonds is 4. The second-order valence-corrected chi connectivity index (χ2v) is 9.34. The van der Waals surface area contributed by atoms with Crippen molar-refractivity contribution in [3.63, 3.8) is 0 Å². The standard InChI is InChI=1S/C28H27FN2O/c1-2-15-28(29)23-11-3-4-12-24(23)31(27(28)32)21-13-16-30(17-14-21)25-18-20-9-5-7-19-8-6-10-22(25)26(19)20/h2-12,21,25H,1,13-18H2. The van der Waals surface area contributed by atoms with E-state index in [1.807, 2.05) is 18.2 Å². The third-order valence-electron chi connectivity index (χ3n) is 7.67. The largest absolute Gasteiger partial charge is 0.306 e. The summed E-state index contributed by atoms with van der Waals surface area (Å²) in [5.74, 6) is -0.421. The number of alkyl halides is 1. The first kappa shape index (κ1) is 19.7. The Hall–Kier alpha value is -2.98. The van der Waals surface area contributed by atoms with Gasteiger partial charge in [-0.2, -0.15) is 0 Å². The Bertz CT molecular complexity index is 1220. The summed E-state index contributed by atoms with van der Waals surface area (Å²) in [5.41, 5.74) is 2.09. The van der Waals surface area contributed by atoms with Crippen LogP contribution in [0.2, 0.25) is 0 Å². The summed E-state index contributed by atoms with van der Waals surface area (Å²) >= 11 is 0. The van der Waals surface area contributed by atoms with Crippen LogP contribution < -0.4 is 4.90 Å². The fourth-order valence-electron chi connectivity index (χ4n) is 6.19. The second-order valence-electron chi connectivity index (χ2n) is 9.34. The molecule has 0 aromatic heterocycles. The highest BCUT2D eigenvalue weighted by molar-refractivity contribution is 6.07. The van der Waals surface area contributed by atoms with Crippen LogP contribution in [0.4, 0.5) is 10.1 Å². The molecule has 1 aliphatic carbocycles. The lowest BCUT2D eigenvalue weighted by molar-refractivity contribution is -0.129. The minimum atomic E-state index is -1.99. The van der Waals surface area contributed by atoms with Gasteiger partial charge in [0.05, 0.1) is 5.69 Å². The predicted molar refractivity (Wildman–Crippen MR) is 127 cm³/mol. The van der Waals surface area contributed by atoms with Crippen LogP contribution in [0.15, 0.2) is 73.3 Å². The summed E-state index contributed by atoms with van der Waals surface area (Å²) in [6.45, 7) is 5.50. The van der Waals surface area contributed by atoms with E-state index in [9.17, 15) is 4.79 Å². The summed E-state index contributed by atoms with van der Waals surface area (Å²) in [7, 11) is 0. The maximum Gasteiger partial charge on any atom is 0.270 e. The number of allylic oxidation sites excluding steroid dienone is 1. The molecule has 2 aliphatic heterocycles. The number of benzene rings is 3. The van der Waals surface area contributed by atoms with E-state index in [-0.39, 0.29) is 12.5 Å². The van der Waals surface area contributed by atoms with Crippen LogP contribution in [0.3, 0.4) is 0 Å². The minimum absolute atomic E-state index is 0.0164. The molecule has 2 heterocycles. The van der Waals surface area contributed by atoms with Crippen molar-refractivity contribution in [2.45, 2.75) is 43.4 Å². The Labute approximate surface area is 188 Å². The number of hydrogen-bond acceptors (Lipinski definition) is 2. The number of anilines is 1. The molecule has 3 aromatic rings. The lowest BCUT2D eigenvalue weighted by Gasteiger charge is -2.40. The number of piperidine rings is 1. The van der Waals surface area contributed by atoms with Crippen LogP contribution >= 0.6 is 0 Å². The Morgan fingerprint density at radius 3 is 2.56 bits per heavy atom. The topological polar surface area (TPSA) is 23.6 Å². The highest BCUT2D eigenvalue weighted by Gasteiger charge is 2.53. The third kappa shape index (κ3) is 2.72. The molecule has 0 spiro atoms. The van der Waals surface area contributed by atoms with Crippen molar-refractivity contribution in [3.05, 3.63) is 90.0 Å². The van der Waals surface area contributed by atoms with Gasteiger partial charge in [-0.15, -0.1) is 6.58 Å². The third-order valence-corrected chi connectivity index (χ3v) is 7.67. The molecule has 162 valence electrons. The van der Waals surface area contributed by atoms with Crippen molar-refractivity contribution in [2.75, 3.05) is 18.0 Å². The predicted octanol–water partition coefficient (Wildman–Crippen LogP) is 5.69. The molecule has 0 bridgehead atoms. The Balaban J connectivity index is 1.24. The van der Waals surface area contributed by atoms with Crippen LogP contribution in [0.25, 0.3) is 10.8 Å². The normalized spacial score (nSPS) is 25.5. The average molecular weight is 427 g/mol. The number of para-hydroxylation sites is 1. The first-order valence-electron chi connectivity index (χ1n) is 11.6. The number of halogens is 1. The lowest BCUT2D eigenvalue weighted by Crippen LogP contribution is -2.49. The van der Waals surface area contributed by atoms with Crippen LogP contribution in [0, 0.1) is 0 Å². The van der Waals surface area contributed by atoms with Crippen molar-refractivity contribution < 1.29 is 9.18 Å². The van der Waals surface area contributed by atoms with Gasteiger partial charge in [-0.25, -0.2) is 4.39 Å². The van der Waals surface area contributed by atoms with Crippen molar-refractivity contribution in [1.82, 2.24) is 4.90 Å². The molecule has 6 rings (SSSR count). The van der Waals surface area contributed by atoms with E-state index >= 15 is 4.39 Å². The van der Waals surface area contributed by atoms with Gasteiger partial charge in [0.15, 0.2) is 0 Å². The van der Waals surface area contributed by atoms with Crippen molar-refractivity contribution in [3.8, 4) is 0 Å². The zero-order valence-electron chi connectivity index (χ0n) is 18.1. The van der Waals surface area contributed by atoms with Gasteiger partial charge in [0.25, 0.3) is 5.91 Å². The summed E-state index contributed by atoms with van der Waals surface area (Å²) < 4.78 is 15.8. The Morgan fingerprint density at radius 2 is 1.78 bits per heavy atom. The quantitative estimate of drug-likeness (QED) is 0.501. The molecule has 4 heteroatoms. The molecule has 2 atom stereocenters. The fourth-order valence-corrected chi connectivity index (χ4v) is 6.19. The maximum atomic E-state index is 15.8. The lowest BCUT2D eigenvalue weighted by atomic mass is 9.94. The van der Waals surface area contributed by atoms with E-state index < -0.39 is 11.6 Å². The maximum absolute atomic E-state index is 15.8. The van der Waals surface area contributed by atoms with Gasteiger partial charge >= 0.3 is 0 Å². The SMILES string of the molecule is C=CCC1(F)C(=O)N(C2CCN(C3Cc4cccc5cccc3c45)CC2)c2ccccc21. The van der Waals surface area contributed by atoms with E-state index in [0.29, 0.717) is 11.6 Å². The Morgan fingerprint density at radius 1 is 1.03 bits per heavy atom. The molecule has 0 saturated carbocycles. The molecule has 1 amide bonds. The molecule has 32 heavy (non-hydrogen) atoms. The van der Waals surface area contributed by atoms with Crippen molar-refractivity contribution >= 4 is 22.4 Å². The molecule has 3 aliphatic rings. The Kier molecular flexibility index (Phi) is 4.48. The van der Waals surface area contributed by atoms with E-state index in [1.54, 1.807) is 11.0 Å².